The van der Waals surface area contributed by atoms with Crippen LogP contribution in [0.3, 0.4) is 0 Å². The Morgan fingerprint density at radius 2 is 1.04 bits per heavy atom. The molecule has 0 radical (unpaired) electrons. The van der Waals surface area contributed by atoms with Crippen LogP contribution >= 0.6 is 17.0 Å². The van der Waals surface area contributed by atoms with Crippen molar-refractivity contribution in [3.63, 3.8) is 0 Å². The van der Waals surface area contributed by atoms with E-state index in [2.05, 4.69) is 0 Å². The van der Waals surface area contributed by atoms with Crippen molar-refractivity contribution >= 4 is 17.0 Å². The third-order valence-electron chi connectivity index (χ3n) is 7.31. The predicted molar refractivity (Wildman–Crippen MR) is 96.8 cm³/mol. The van der Waals surface area contributed by atoms with Gasteiger partial charge in [-0.3, -0.25) is 0 Å². The van der Waals surface area contributed by atoms with E-state index in [0.717, 1.165) is 23.7 Å². The first-order valence-electron chi connectivity index (χ1n) is 9.99. The van der Waals surface area contributed by atoms with Crippen molar-refractivity contribution < 1.29 is 20.8 Å². The first-order valence-corrected chi connectivity index (χ1v) is 16.3. The minimum absolute atomic E-state index is 0.826. The van der Waals surface area contributed by atoms with Gasteiger partial charge in [-0.1, -0.05) is 76.0 Å². The van der Waals surface area contributed by atoms with E-state index in [1.165, 1.54) is 51.4 Å². The van der Waals surface area contributed by atoms with Crippen molar-refractivity contribution in [2.75, 3.05) is 0 Å². The van der Waals surface area contributed by atoms with Crippen molar-refractivity contribution in [2.24, 2.45) is 23.7 Å². The second kappa shape index (κ2) is 9.97. The standard InChI is InChI=1S/C20H32.2ClH.Zr/c1-3-7-19-15(5-1)9-11-17(19)13-14-18-12-10-16-6-2-4-8-20(16)18;;;/h15-16,19-20H,1-14H2;2*1H;/q-2;;;+4/p-2. The molecule has 0 N–H and O–H groups in total. The first-order chi connectivity index (χ1) is 11.3. The Morgan fingerprint density at radius 1 is 0.652 bits per heavy atom. The molecule has 0 amide bonds. The van der Waals surface area contributed by atoms with Gasteiger partial charge in [0.2, 0.25) is 0 Å². The quantitative estimate of drug-likeness (QED) is 0.404. The van der Waals surface area contributed by atoms with Gasteiger partial charge < -0.3 is 11.8 Å². The number of hydrogen-bond acceptors (Lipinski definition) is 0. The van der Waals surface area contributed by atoms with Crippen molar-refractivity contribution in [3.8, 4) is 0 Å². The van der Waals surface area contributed by atoms with Gasteiger partial charge in [-0.05, 0) is 0 Å². The van der Waals surface area contributed by atoms with E-state index in [4.69, 9.17) is 17.0 Å². The van der Waals surface area contributed by atoms with E-state index in [1.54, 1.807) is 38.5 Å². The molecule has 0 saturated heterocycles. The average Bonchev–Trinajstić information content (AvgIpc) is 3.18. The second-order valence-electron chi connectivity index (χ2n) is 8.27. The van der Waals surface area contributed by atoms with E-state index < -0.39 is 20.8 Å². The molecule has 4 aliphatic carbocycles. The van der Waals surface area contributed by atoms with Gasteiger partial charge in [-0.15, -0.1) is 0 Å². The molecule has 0 bridgehead atoms. The minimum atomic E-state index is -0.826. The molecule has 0 aromatic heterocycles. The van der Waals surface area contributed by atoms with Crippen molar-refractivity contribution in [2.45, 2.75) is 89.9 Å². The van der Waals surface area contributed by atoms with E-state index in [1.807, 2.05) is 11.8 Å². The molecule has 130 valence electrons. The van der Waals surface area contributed by atoms with Crippen molar-refractivity contribution in [3.05, 3.63) is 11.8 Å². The summed E-state index contributed by atoms with van der Waals surface area (Å²) in [5.41, 5.74) is 0. The van der Waals surface area contributed by atoms with Gasteiger partial charge in [0.05, 0.1) is 0 Å². The molecule has 0 aromatic rings. The number of hydrogen-bond donors (Lipinski definition) is 0. The zero-order valence-electron chi connectivity index (χ0n) is 14.5. The predicted octanol–water partition coefficient (Wildman–Crippen LogP) is 7.49. The van der Waals surface area contributed by atoms with Crippen LogP contribution in [0.5, 0.6) is 0 Å². The summed E-state index contributed by atoms with van der Waals surface area (Å²) >= 11 is -0.826. The average molecular weight is 435 g/mol. The number of fused-ring (bicyclic) bond motifs is 2. The van der Waals surface area contributed by atoms with Crippen LogP contribution in [0.2, 0.25) is 0 Å². The Bertz CT molecular complexity index is 317. The molecule has 4 fully saturated rings. The van der Waals surface area contributed by atoms with Gasteiger partial charge in [-0.25, -0.2) is 12.8 Å². The zero-order valence-corrected chi connectivity index (χ0v) is 18.4. The van der Waals surface area contributed by atoms with Gasteiger partial charge >= 0.3 is 37.9 Å². The molecule has 4 unspecified atom stereocenters. The fraction of sp³-hybridized carbons (Fsp3) is 0.900. The Morgan fingerprint density at radius 3 is 1.48 bits per heavy atom. The van der Waals surface area contributed by atoms with E-state index in [-0.39, 0.29) is 0 Å². The molecule has 4 rings (SSSR count). The van der Waals surface area contributed by atoms with Crippen LogP contribution in [-0.4, -0.2) is 0 Å². The summed E-state index contributed by atoms with van der Waals surface area (Å²) in [7, 11) is 9.87. The number of rotatable bonds is 3. The van der Waals surface area contributed by atoms with Crippen LogP contribution in [0.15, 0.2) is 0 Å². The third-order valence-corrected chi connectivity index (χ3v) is 7.31. The molecular weight excluding hydrogens is 402 g/mol. The van der Waals surface area contributed by atoms with Gasteiger partial charge in [0.25, 0.3) is 0 Å². The summed E-state index contributed by atoms with van der Waals surface area (Å²) in [5, 5.41) is 0. The van der Waals surface area contributed by atoms with E-state index >= 15 is 0 Å². The Hall–Kier alpha value is 1.46. The fourth-order valence-corrected chi connectivity index (χ4v) is 6.24. The molecule has 0 spiro atoms. The molecule has 0 aromatic carbocycles. The van der Waals surface area contributed by atoms with Gasteiger partial charge in [0.15, 0.2) is 0 Å². The molecule has 4 saturated carbocycles. The summed E-state index contributed by atoms with van der Waals surface area (Å²) in [4.78, 5) is 0. The SMILES string of the molecule is C1CCC2[C-](CC[C-]3CCC4CCCCC34)CCC2C1.[Cl][Zr+2][Cl]. The molecule has 0 aliphatic heterocycles. The normalized spacial score (nSPS) is 37.5. The van der Waals surface area contributed by atoms with Crippen LogP contribution in [0.4, 0.5) is 0 Å². The topological polar surface area (TPSA) is 0 Å². The summed E-state index contributed by atoms with van der Waals surface area (Å²) in [5.74, 6) is 8.34. The third kappa shape index (κ3) is 5.01. The van der Waals surface area contributed by atoms with Crippen LogP contribution < -0.4 is 0 Å². The molecule has 23 heavy (non-hydrogen) atoms. The van der Waals surface area contributed by atoms with Gasteiger partial charge in [-0.2, -0.15) is 24.7 Å². The molecule has 3 heteroatoms. The monoisotopic (exact) mass is 432 g/mol. The maximum atomic E-state index is 4.93. The maximum absolute atomic E-state index is 4.93. The zero-order chi connectivity index (χ0) is 16.1. The fourth-order valence-electron chi connectivity index (χ4n) is 6.24. The molecular formula is C20H32Cl2Zr. The summed E-state index contributed by atoms with van der Waals surface area (Å²) in [6.07, 6.45) is 21.3. The van der Waals surface area contributed by atoms with Gasteiger partial charge in [0, 0.05) is 0 Å². The Labute approximate surface area is 162 Å². The van der Waals surface area contributed by atoms with Crippen LogP contribution in [0, 0.1) is 35.5 Å². The van der Waals surface area contributed by atoms with Gasteiger partial charge in [0.1, 0.15) is 0 Å². The van der Waals surface area contributed by atoms with Crippen LogP contribution in [0.25, 0.3) is 0 Å². The molecule has 0 nitrogen and oxygen atoms in total. The summed E-state index contributed by atoms with van der Waals surface area (Å²) in [6.45, 7) is 0. The molecule has 4 atom stereocenters. The second-order valence-corrected chi connectivity index (χ2v) is 12.0. The van der Waals surface area contributed by atoms with E-state index in [0.29, 0.717) is 0 Å². The summed E-state index contributed by atoms with van der Waals surface area (Å²) in [6, 6.07) is 0. The summed E-state index contributed by atoms with van der Waals surface area (Å²) < 4.78 is 0. The van der Waals surface area contributed by atoms with Crippen LogP contribution in [-0.2, 0) is 20.8 Å². The van der Waals surface area contributed by atoms with Crippen molar-refractivity contribution in [1.82, 2.24) is 0 Å². The first kappa shape index (κ1) is 19.2. The number of halogens is 2. The molecule has 0 heterocycles. The molecule has 4 aliphatic rings. The van der Waals surface area contributed by atoms with E-state index in [9.17, 15) is 0 Å². The Kier molecular flexibility index (Phi) is 8.33. The van der Waals surface area contributed by atoms with Crippen LogP contribution in [0.1, 0.15) is 89.9 Å². The Balaban J connectivity index is 0.000000485. The van der Waals surface area contributed by atoms with Crippen molar-refractivity contribution in [1.29, 1.82) is 0 Å².